The summed E-state index contributed by atoms with van der Waals surface area (Å²) in [6.45, 7) is 6.17. The quantitative estimate of drug-likeness (QED) is 0.800. The summed E-state index contributed by atoms with van der Waals surface area (Å²) in [4.78, 5) is 2.22. The minimum absolute atomic E-state index is 0.0561. The number of hydrogen-bond donors (Lipinski definition) is 1. The third kappa shape index (κ3) is 3.72. The third-order valence-electron chi connectivity index (χ3n) is 2.39. The van der Waals surface area contributed by atoms with Crippen LogP contribution in [0.15, 0.2) is 24.3 Å². The fraction of sp³-hybridized carbons (Fsp3) is 0.500. The number of hydrogen-bond acceptors (Lipinski definition) is 2. The molecule has 0 aliphatic carbocycles. The Morgan fingerprint density at radius 2 is 1.81 bits per heavy atom. The van der Waals surface area contributed by atoms with Crippen LogP contribution >= 0.6 is 12.7 Å². The van der Waals surface area contributed by atoms with Crippen molar-refractivity contribution in [2.24, 2.45) is 5.73 Å². The minimum atomic E-state index is -2.80. The van der Waals surface area contributed by atoms with Crippen LogP contribution in [0.5, 0.6) is 0 Å². The van der Waals surface area contributed by atoms with Gasteiger partial charge in [0.1, 0.15) is 0 Å². The maximum atomic E-state index is 6.09. The van der Waals surface area contributed by atoms with Gasteiger partial charge in [0.15, 0.2) is 0 Å². The molecule has 0 radical (unpaired) electrons. The predicted molar refractivity (Wildman–Crippen MR) is 75.4 cm³/mol. The molecular weight excluding hydrogens is 373 g/mol. The molecule has 0 saturated heterocycles. The van der Waals surface area contributed by atoms with E-state index >= 15 is 0 Å². The summed E-state index contributed by atoms with van der Waals surface area (Å²) in [6, 6.07) is 8.39. The average molecular weight is 393 g/mol. The Labute approximate surface area is 109 Å². The molecule has 1 aromatic rings. The van der Waals surface area contributed by atoms with E-state index in [-0.39, 0.29) is 12.1 Å². The summed E-state index contributed by atoms with van der Waals surface area (Å²) in [5.74, 6) is 0. The monoisotopic (exact) mass is 393 g/mol. The number of rotatable bonds is 4. The molecule has 16 heavy (non-hydrogen) atoms. The molecule has 1 aromatic carbocycles. The van der Waals surface area contributed by atoms with E-state index in [4.69, 9.17) is 8.81 Å². The molecule has 0 spiro atoms. The van der Waals surface area contributed by atoms with Crippen LogP contribution in [0, 0.1) is 0 Å². The van der Waals surface area contributed by atoms with Crippen molar-refractivity contribution in [3.63, 3.8) is 0 Å². The molecule has 2 nitrogen and oxygen atoms in total. The van der Waals surface area contributed by atoms with E-state index in [1.165, 1.54) is 9.14 Å². The second-order valence-electron chi connectivity index (χ2n) is 4.46. The van der Waals surface area contributed by atoms with Crippen LogP contribution in [0.2, 0.25) is 4.94 Å². The molecule has 0 aromatic heterocycles. The zero-order valence-electron chi connectivity index (χ0n) is 10.3. The van der Waals surface area contributed by atoms with Crippen LogP contribution in [-0.4, -0.2) is 22.7 Å². The normalized spacial score (nSPS) is 17.2. The van der Waals surface area contributed by atoms with Gasteiger partial charge in [-0.15, -0.1) is 0 Å². The van der Waals surface area contributed by atoms with Gasteiger partial charge in [0.25, 0.3) is 0 Å². The summed E-state index contributed by atoms with van der Waals surface area (Å²) in [5, 5.41) is 0. The Hall–Kier alpha value is 0.419. The Bertz CT molecular complexity index is 353. The van der Waals surface area contributed by atoms with Crippen molar-refractivity contribution < 1.29 is 3.07 Å². The molecule has 0 saturated carbocycles. The Morgan fingerprint density at radius 3 is 2.31 bits per heavy atom. The number of benzene rings is 1. The molecular formula is C12H20BrNOSn. The van der Waals surface area contributed by atoms with Gasteiger partial charge in [-0.2, -0.15) is 0 Å². The van der Waals surface area contributed by atoms with E-state index in [1.807, 2.05) is 13.0 Å². The van der Waals surface area contributed by atoms with Crippen molar-refractivity contribution in [1.82, 2.24) is 0 Å². The van der Waals surface area contributed by atoms with Crippen LogP contribution in [0.1, 0.15) is 32.4 Å². The topological polar surface area (TPSA) is 35.2 Å². The summed E-state index contributed by atoms with van der Waals surface area (Å²) in [7, 11) is 0. The van der Waals surface area contributed by atoms with Gasteiger partial charge in [-0.25, -0.2) is 0 Å². The standard InChI is InChI=1S/C8H10N.C3H7O.CH3.BrH.Sn/c1-7(9)8-5-3-2-4-6-8;1-3(2)4;;;/h2-5,7H,9H2,1H3;3H,1-2H3;1H3;1H;/q;-1;;;+2/p-1. The van der Waals surface area contributed by atoms with E-state index in [9.17, 15) is 0 Å². The van der Waals surface area contributed by atoms with Crippen molar-refractivity contribution in [1.29, 1.82) is 0 Å². The van der Waals surface area contributed by atoms with Gasteiger partial charge in [-0.05, 0) is 0 Å². The molecule has 0 amide bonds. The molecule has 2 unspecified atom stereocenters. The van der Waals surface area contributed by atoms with E-state index in [1.54, 1.807) is 0 Å². The fourth-order valence-electron chi connectivity index (χ4n) is 1.81. The van der Waals surface area contributed by atoms with Crippen molar-refractivity contribution in [3.05, 3.63) is 29.8 Å². The fourth-order valence-corrected chi connectivity index (χ4v) is 13.1. The summed E-state index contributed by atoms with van der Waals surface area (Å²) >= 11 is 1.04. The van der Waals surface area contributed by atoms with Gasteiger partial charge in [-0.1, -0.05) is 0 Å². The second-order valence-corrected chi connectivity index (χ2v) is 22.1. The molecule has 2 N–H and O–H groups in total. The molecule has 0 heterocycles. The zero-order valence-corrected chi connectivity index (χ0v) is 14.8. The van der Waals surface area contributed by atoms with Crippen molar-refractivity contribution >= 4 is 32.9 Å². The number of halogens is 1. The number of nitrogens with two attached hydrogens (primary N) is 1. The Kier molecular flexibility index (Phi) is 5.29. The first-order chi connectivity index (χ1) is 7.34. The molecule has 4 heteroatoms. The average Bonchev–Trinajstić information content (AvgIpc) is 2.15. The molecule has 2 atom stereocenters. The Balaban J connectivity index is 3.11. The first-order valence-electron chi connectivity index (χ1n) is 5.56. The van der Waals surface area contributed by atoms with E-state index in [2.05, 4.69) is 49.7 Å². The third-order valence-corrected chi connectivity index (χ3v) is 13.2. The van der Waals surface area contributed by atoms with Gasteiger partial charge in [0, 0.05) is 0 Å². The first-order valence-corrected chi connectivity index (χ1v) is 17.4. The first kappa shape index (κ1) is 14.5. The molecule has 90 valence electrons. The zero-order chi connectivity index (χ0) is 12.3. The molecule has 0 bridgehead atoms. The molecule has 0 aliphatic heterocycles. The summed E-state index contributed by atoms with van der Waals surface area (Å²) in [5.41, 5.74) is 7.21. The second kappa shape index (κ2) is 5.84. The van der Waals surface area contributed by atoms with E-state index in [0.29, 0.717) is 0 Å². The van der Waals surface area contributed by atoms with E-state index in [0.717, 1.165) is 0 Å². The van der Waals surface area contributed by atoms with Crippen LogP contribution in [0.4, 0.5) is 0 Å². The molecule has 0 fully saturated rings. The van der Waals surface area contributed by atoms with Crippen LogP contribution in [0.25, 0.3) is 0 Å². The van der Waals surface area contributed by atoms with Crippen molar-refractivity contribution in [2.45, 2.75) is 37.9 Å². The van der Waals surface area contributed by atoms with Crippen molar-refractivity contribution in [2.75, 3.05) is 0 Å². The predicted octanol–water partition coefficient (Wildman–Crippen LogP) is 2.81. The molecule has 0 aliphatic rings. The SMILES string of the molecule is CC(C)[O][Sn]([CH3])([Br])[c]1ccccc1C(C)N. The summed E-state index contributed by atoms with van der Waals surface area (Å²) < 4.78 is 7.39. The van der Waals surface area contributed by atoms with Crippen LogP contribution in [-0.2, 0) is 3.07 Å². The van der Waals surface area contributed by atoms with Crippen LogP contribution < -0.4 is 9.31 Å². The summed E-state index contributed by atoms with van der Waals surface area (Å²) in [6.07, 6.45) is 0.251. The van der Waals surface area contributed by atoms with Gasteiger partial charge in [0.05, 0.1) is 0 Å². The maximum absolute atomic E-state index is 6.09. The van der Waals surface area contributed by atoms with E-state index < -0.39 is 16.6 Å². The van der Waals surface area contributed by atoms with Gasteiger partial charge in [0.2, 0.25) is 0 Å². The van der Waals surface area contributed by atoms with Crippen molar-refractivity contribution in [3.8, 4) is 0 Å². The van der Waals surface area contributed by atoms with Gasteiger partial charge < -0.3 is 0 Å². The van der Waals surface area contributed by atoms with Gasteiger partial charge >= 0.3 is 109 Å². The van der Waals surface area contributed by atoms with Crippen LogP contribution in [0.3, 0.4) is 0 Å². The Morgan fingerprint density at radius 1 is 1.25 bits per heavy atom. The molecule has 1 rings (SSSR count). The van der Waals surface area contributed by atoms with Gasteiger partial charge in [-0.3, -0.25) is 0 Å².